The van der Waals surface area contributed by atoms with Gasteiger partial charge >= 0.3 is 6.01 Å². The quantitative estimate of drug-likeness (QED) is 0.202. The Hall–Kier alpha value is -5.83. The highest BCUT2D eigenvalue weighted by atomic mass is 16.5. The minimum absolute atomic E-state index is 0.00569. The van der Waals surface area contributed by atoms with Crippen LogP contribution < -0.4 is 36.3 Å². The van der Waals surface area contributed by atoms with Crippen molar-refractivity contribution < 1.29 is 19.0 Å². The monoisotopic (exact) mass is 522 g/mol. The third-order valence-electron chi connectivity index (χ3n) is 5.29. The predicted octanol–water partition coefficient (Wildman–Crippen LogP) is 4.30. The molecule has 39 heavy (non-hydrogen) atoms. The molecule has 1 aromatic heterocycles. The Balaban J connectivity index is 1.54. The van der Waals surface area contributed by atoms with Crippen LogP contribution in [0.3, 0.4) is 0 Å². The summed E-state index contributed by atoms with van der Waals surface area (Å²) in [6, 6.07) is 21.0. The van der Waals surface area contributed by atoms with Gasteiger partial charge < -0.3 is 36.3 Å². The van der Waals surface area contributed by atoms with E-state index in [9.17, 15) is 10.1 Å². The van der Waals surface area contributed by atoms with Crippen LogP contribution in [0.4, 0.5) is 17.2 Å². The number of hydrogen-bond donors (Lipinski definition) is 4. The van der Waals surface area contributed by atoms with Crippen LogP contribution in [0.5, 0.6) is 34.9 Å². The molecule has 0 atom stereocenters. The van der Waals surface area contributed by atoms with E-state index in [1.54, 1.807) is 42.5 Å². The first kappa shape index (κ1) is 24.8. The number of benzene rings is 3. The number of ether oxygens (including phenoxy) is 3. The van der Waals surface area contributed by atoms with Crippen LogP contribution >= 0.6 is 0 Å². The minimum Gasteiger partial charge on any atom is -0.453 e. The number of nitrogens with zero attached hydrogens (tertiary/aromatic N) is 4. The first-order chi connectivity index (χ1) is 18.9. The number of carbonyl (C=O) groups is 1. The number of carbonyl (C=O) groups excluding carboxylic acids is 1. The van der Waals surface area contributed by atoms with Gasteiger partial charge in [0.15, 0.2) is 23.3 Å². The number of anilines is 2. The Morgan fingerprint density at radius 3 is 2.56 bits per heavy atom. The van der Waals surface area contributed by atoms with E-state index < -0.39 is 0 Å². The second-order valence-electron chi connectivity index (χ2n) is 8.37. The van der Waals surface area contributed by atoms with E-state index in [1.807, 2.05) is 25.1 Å². The third kappa shape index (κ3) is 5.95. The number of nitrogens with two attached hydrogens (primary N) is 2. The number of fused-ring (bicyclic) bond motifs is 1. The fourth-order valence-electron chi connectivity index (χ4n) is 3.70. The molecule has 2 heterocycles. The topological polar surface area (TPSA) is 183 Å². The molecule has 1 amide bonds. The smallest absolute Gasteiger partial charge is 0.327 e. The van der Waals surface area contributed by atoms with Crippen LogP contribution in [-0.2, 0) is 4.79 Å². The summed E-state index contributed by atoms with van der Waals surface area (Å²) in [6.45, 7) is 1.85. The lowest BCUT2D eigenvalue weighted by Gasteiger charge is -2.21. The predicted molar refractivity (Wildman–Crippen MR) is 144 cm³/mol. The van der Waals surface area contributed by atoms with Crippen molar-refractivity contribution in [3.05, 3.63) is 77.9 Å². The summed E-state index contributed by atoms with van der Waals surface area (Å²) in [5, 5.41) is 15.1. The molecule has 0 bridgehead atoms. The summed E-state index contributed by atoms with van der Waals surface area (Å²) >= 11 is 0. The number of nitrogens with one attached hydrogen (secondary N) is 2. The number of aliphatic imine (C=N–C) groups is 1. The normalized spacial score (nSPS) is 11.7. The largest absolute Gasteiger partial charge is 0.453 e. The van der Waals surface area contributed by atoms with Crippen LogP contribution in [0, 0.1) is 18.3 Å². The minimum atomic E-state index is -0.309. The molecule has 0 aliphatic carbocycles. The number of para-hydroxylation sites is 1. The molecule has 12 nitrogen and oxygen atoms in total. The molecular weight excluding hydrogens is 500 g/mol. The van der Waals surface area contributed by atoms with Crippen LogP contribution in [-0.4, -0.2) is 28.4 Å². The van der Waals surface area contributed by atoms with Crippen LogP contribution in [0.1, 0.15) is 11.1 Å². The van der Waals surface area contributed by atoms with Crippen LogP contribution in [0.2, 0.25) is 0 Å². The van der Waals surface area contributed by atoms with Gasteiger partial charge in [-0.3, -0.25) is 4.79 Å². The molecule has 194 valence electrons. The molecule has 3 aromatic carbocycles. The zero-order chi connectivity index (χ0) is 27.4. The van der Waals surface area contributed by atoms with Gasteiger partial charge in [0.05, 0.1) is 23.9 Å². The second-order valence-corrected chi connectivity index (χ2v) is 8.37. The van der Waals surface area contributed by atoms with Crippen molar-refractivity contribution in [2.75, 3.05) is 17.2 Å². The van der Waals surface area contributed by atoms with Gasteiger partial charge in [0.1, 0.15) is 17.2 Å². The Morgan fingerprint density at radius 1 is 0.974 bits per heavy atom. The van der Waals surface area contributed by atoms with E-state index in [-0.39, 0.29) is 47.6 Å². The van der Waals surface area contributed by atoms with E-state index >= 15 is 0 Å². The Kier molecular flexibility index (Phi) is 6.79. The van der Waals surface area contributed by atoms with E-state index in [0.717, 1.165) is 5.56 Å². The maximum atomic E-state index is 12.2. The third-order valence-corrected chi connectivity index (χ3v) is 5.29. The van der Waals surface area contributed by atoms with Crippen molar-refractivity contribution in [3.63, 3.8) is 0 Å². The fourth-order valence-corrected chi connectivity index (χ4v) is 3.70. The summed E-state index contributed by atoms with van der Waals surface area (Å²) in [5.74, 6) is 1.30. The van der Waals surface area contributed by atoms with E-state index in [1.165, 1.54) is 6.07 Å². The van der Waals surface area contributed by atoms with Gasteiger partial charge in [-0.2, -0.15) is 15.2 Å². The number of rotatable bonds is 7. The molecule has 0 spiro atoms. The highest BCUT2D eigenvalue weighted by Crippen LogP contribution is 2.41. The number of guanidine groups is 1. The van der Waals surface area contributed by atoms with Crippen molar-refractivity contribution in [2.24, 2.45) is 16.5 Å². The highest BCUT2D eigenvalue weighted by Gasteiger charge is 2.25. The summed E-state index contributed by atoms with van der Waals surface area (Å²) in [7, 11) is 0. The number of nitriles is 1. The highest BCUT2D eigenvalue weighted by molar-refractivity contribution is 6.01. The zero-order valence-corrected chi connectivity index (χ0v) is 20.6. The van der Waals surface area contributed by atoms with Gasteiger partial charge in [-0.05, 0) is 48.9 Å². The van der Waals surface area contributed by atoms with Gasteiger partial charge in [0.25, 0.3) is 5.88 Å². The number of hydrogen-bond acceptors (Lipinski definition) is 9. The van der Waals surface area contributed by atoms with Crippen molar-refractivity contribution in [2.45, 2.75) is 6.92 Å². The standard InChI is InChI=1S/C27H22N8O4/c1-15-9-17(32-26(29)30)12-19(10-15)38-27-34-24-23(33-22(36)14-31-24)25(35-27)39-21-11-16(13-28)7-8-20(21)37-18-5-3-2-4-6-18/h2-12H,14H2,1H3,(H,33,36)(H4,29,30,32)(H,31,34,35). The van der Waals surface area contributed by atoms with Crippen molar-refractivity contribution >= 4 is 29.1 Å². The molecule has 0 radical (unpaired) electrons. The fraction of sp³-hybridized carbons (Fsp3) is 0.0741. The van der Waals surface area contributed by atoms with E-state index in [2.05, 4.69) is 31.7 Å². The average molecular weight is 523 g/mol. The van der Waals surface area contributed by atoms with Gasteiger partial charge in [-0.15, -0.1) is 0 Å². The molecule has 0 saturated heterocycles. The van der Waals surface area contributed by atoms with Crippen molar-refractivity contribution in [3.8, 4) is 41.0 Å². The summed E-state index contributed by atoms with van der Waals surface area (Å²) in [6.07, 6.45) is 0. The number of amides is 1. The van der Waals surface area contributed by atoms with E-state index in [4.69, 9.17) is 25.7 Å². The first-order valence-electron chi connectivity index (χ1n) is 11.7. The number of aryl methyl sites for hydroxylation is 1. The van der Waals surface area contributed by atoms with Crippen LogP contribution in [0.15, 0.2) is 71.7 Å². The summed E-state index contributed by atoms with van der Waals surface area (Å²) in [5.41, 5.74) is 12.9. The van der Waals surface area contributed by atoms with Crippen LogP contribution in [0.25, 0.3) is 0 Å². The van der Waals surface area contributed by atoms with Gasteiger partial charge in [0.2, 0.25) is 5.91 Å². The first-order valence-corrected chi connectivity index (χ1v) is 11.7. The van der Waals surface area contributed by atoms with Crippen molar-refractivity contribution in [1.82, 2.24) is 9.97 Å². The second kappa shape index (κ2) is 10.7. The summed E-state index contributed by atoms with van der Waals surface area (Å²) < 4.78 is 18.1. The Bertz CT molecular complexity index is 1630. The lowest BCUT2D eigenvalue weighted by atomic mass is 10.2. The maximum Gasteiger partial charge on any atom is 0.327 e. The van der Waals surface area contributed by atoms with Crippen molar-refractivity contribution in [1.29, 1.82) is 5.26 Å². The van der Waals surface area contributed by atoms with Gasteiger partial charge in [0, 0.05) is 12.1 Å². The Labute approximate surface area is 222 Å². The molecule has 0 unspecified atom stereocenters. The molecule has 5 rings (SSSR count). The SMILES string of the molecule is Cc1cc(N=C(N)N)cc(Oc2nc3c(c(Oc4cc(C#N)ccc4Oc4ccccc4)n2)NC(=O)CN3)c1. The molecule has 4 aromatic rings. The van der Waals surface area contributed by atoms with E-state index in [0.29, 0.717) is 28.5 Å². The number of aromatic nitrogens is 2. The average Bonchev–Trinajstić information content (AvgIpc) is 2.90. The molecule has 0 fully saturated rings. The van der Waals surface area contributed by atoms with Gasteiger partial charge in [-0.25, -0.2) is 4.99 Å². The summed E-state index contributed by atoms with van der Waals surface area (Å²) in [4.78, 5) is 25.0. The Morgan fingerprint density at radius 2 is 1.79 bits per heavy atom. The van der Waals surface area contributed by atoms with Gasteiger partial charge in [-0.1, -0.05) is 18.2 Å². The molecule has 1 aliphatic heterocycles. The molecular formula is C27H22N8O4. The molecule has 6 N–H and O–H groups in total. The molecule has 0 saturated carbocycles. The zero-order valence-electron chi connectivity index (χ0n) is 20.6. The molecule has 12 heteroatoms. The lowest BCUT2D eigenvalue weighted by molar-refractivity contribution is -0.114. The molecule has 1 aliphatic rings. The maximum absolute atomic E-state index is 12.2. The lowest BCUT2D eigenvalue weighted by Crippen LogP contribution is -2.28.